The molecule has 1 aromatic carbocycles. The lowest BCUT2D eigenvalue weighted by Gasteiger charge is -2.22. The predicted octanol–water partition coefficient (Wildman–Crippen LogP) is 4.18. The summed E-state index contributed by atoms with van der Waals surface area (Å²) in [5.41, 5.74) is 2.35. The van der Waals surface area contributed by atoms with Crippen molar-refractivity contribution in [2.24, 2.45) is 0 Å². The van der Waals surface area contributed by atoms with Crippen LogP contribution in [0.15, 0.2) is 29.3 Å². The highest BCUT2D eigenvalue weighted by atomic mass is 32.2. The highest BCUT2D eigenvalue weighted by molar-refractivity contribution is 7.89. The van der Waals surface area contributed by atoms with Gasteiger partial charge < -0.3 is 4.74 Å². The average Bonchev–Trinajstić information content (AvgIpc) is 3.09. The van der Waals surface area contributed by atoms with Gasteiger partial charge in [0.15, 0.2) is 0 Å². The summed E-state index contributed by atoms with van der Waals surface area (Å²) in [6.45, 7) is 7.60. The minimum atomic E-state index is -4.50. The quantitative estimate of drug-likeness (QED) is 0.733. The maximum Gasteiger partial charge on any atom is 0.416 e. The lowest BCUT2D eigenvalue weighted by atomic mass is 10.0. The molecule has 1 fully saturated rings. The minimum Gasteiger partial charge on any atom is -0.473 e. The number of nitrogens with zero attached hydrogens (tertiary/aromatic N) is 2. The van der Waals surface area contributed by atoms with E-state index >= 15 is 0 Å². The van der Waals surface area contributed by atoms with Crippen LogP contribution >= 0.6 is 0 Å². The van der Waals surface area contributed by atoms with E-state index in [1.54, 1.807) is 13.8 Å². The zero-order chi connectivity index (χ0) is 21.6. The number of aromatic nitrogens is 1. The average molecular weight is 428 g/mol. The molecule has 2 aromatic rings. The Morgan fingerprint density at radius 1 is 1.10 bits per heavy atom. The van der Waals surface area contributed by atoms with E-state index in [2.05, 4.69) is 4.98 Å². The number of halogens is 3. The summed E-state index contributed by atoms with van der Waals surface area (Å²) in [5.74, 6) is -0.164. The van der Waals surface area contributed by atoms with Crippen molar-refractivity contribution in [3.8, 4) is 5.88 Å². The third-order valence-corrected chi connectivity index (χ3v) is 7.49. The molecule has 0 bridgehead atoms. The Labute approximate surface area is 168 Å². The van der Waals surface area contributed by atoms with Gasteiger partial charge in [-0.15, -0.1) is 0 Å². The van der Waals surface area contributed by atoms with E-state index in [0.717, 1.165) is 29.5 Å². The molecule has 0 spiro atoms. The van der Waals surface area contributed by atoms with Crippen LogP contribution in [0, 0.1) is 27.7 Å². The molecule has 1 aromatic heterocycles. The second-order valence-corrected chi connectivity index (χ2v) is 9.24. The fourth-order valence-corrected chi connectivity index (χ4v) is 5.59. The molecule has 1 aliphatic heterocycles. The van der Waals surface area contributed by atoms with Gasteiger partial charge in [-0.25, -0.2) is 13.4 Å². The number of alkyl halides is 3. The molecule has 1 aliphatic rings. The van der Waals surface area contributed by atoms with Gasteiger partial charge in [-0.2, -0.15) is 17.5 Å². The molecule has 5 nitrogen and oxygen atoms in total. The van der Waals surface area contributed by atoms with Crippen molar-refractivity contribution in [3.05, 3.63) is 52.2 Å². The smallest absolute Gasteiger partial charge is 0.416 e. The van der Waals surface area contributed by atoms with Crippen molar-refractivity contribution >= 4 is 10.0 Å². The maximum atomic E-state index is 13.3. The van der Waals surface area contributed by atoms with E-state index in [4.69, 9.17) is 4.74 Å². The Kier molecular flexibility index (Phi) is 5.66. The Morgan fingerprint density at radius 2 is 1.72 bits per heavy atom. The van der Waals surface area contributed by atoms with E-state index in [0.29, 0.717) is 22.4 Å². The third kappa shape index (κ3) is 4.25. The number of pyridine rings is 1. The topological polar surface area (TPSA) is 59.5 Å². The summed E-state index contributed by atoms with van der Waals surface area (Å²) in [4.78, 5) is 4.12. The van der Waals surface area contributed by atoms with Crippen molar-refractivity contribution in [2.45, 2.75) is 51.3 Å². The summed E-state index contributed by atoms with van der Waals surface area (Å²) >= 11 is 0. The number of benzene rings is 1. The van der Waals surface area contributed by atoms with Gasteiger partial charge >= 0.3 is 6.18 Å². The summed E-state index contributed by atoms with van der Waals surface area (Å²) in [6, 6.07) is 3.65. The Bertz CT molecular complexity index is 1010. The number of sulfonamides is 1. The maximum absolute atomic E-state index is 13.3. The molecular formula is C20H23F3N2O3S. The fraction of sp³-hybridized carbons (Fsp3) is 0.450. The van der Waals surface area contributed by atoms with Crippen molar-refractivity contribution in [2.75, 3.05) is 13.1 Å². The minimum absolute atomic E-state index is 0.0616. The molecule has 0 saturated carbocycles. The van der Waals surface area contributed by atoms with Gasteiger partial charge in [0.2, 0.25) is 15.9 Å². The molecule has 1 saturated heterocycles. The van der Waals surface area contributed by atoms with E-state index in [9.17, 15) is 21.6 Å². The van der Waals surface area contributed by atoms with Crippen molar-refractivity contribution < 1.29 is 26.3 Å². The van der Waals surface area contributed by atoms with Gasteiger partial charge in [0.05, 0.1) is 17.0 Å². The second-order valence-electron chi connectivity index (χ2n) is 7.36. The number of hydrogen-bond acceptors (Lipinski definition) is 4. The van der Waals surface area contributed by atoms with Crippen LogP contribution in [0.5, 0.6) is 5.88 Å². The molecule has 3 rings (SSSR count). The summed E-state index contributed by atoms with van der Waals surface area (Å²) in [7, 11) is -3.75. The molecule has 1 unspecified atom stereocenters. The number of ether oxygens (including phenoxy) is 1. The van der Waals surface area contributed by atoms with Gasteiger partial charge in [0.1, 0.15) is 6.10 Å². The molecule has 0 radical (unpaired) electrons. The molecule has 0 N–H and O–H groups in total. The van der Waals surface area contributed by atoms with Crippen LogP contribution in [0.2, 0.25) is 0 Å². The van der Waals surface area contributed by atoms with Crippen LogP contribution in [0.1, 0.15) is 34.2 Å². The van der Waals surface area contributed by atoms with Crippen LogP contribution in [0.3, 0.4) is 0 Å². The lowest BCUT2D eigenvalue weighted by molar-refractivity contribution is -0.137. The molecular weight excluding hydrogens is 405 g/mol. The standard InChI is InChI=1S/C20H23F3N2O3S/c1-12-9-13(2)15(4)19(14(12)3)29(26,27)25-8-6-17(11-25)28-18-10-16(5-7-24-18)20(21,22)23/h5,7,9-10,17H,6,8,11H2,1-4H3. The molecule has 29 heavy (non-hydrogen) atoms. The van der Waals surface area contributed by atoms with Crippen LogP contribution in [0.25, 0.3) is 0 Å². The molecule has 9 heteroatoms. The predicted molar refractivity (Wildman–Crippen MR) is 102 cm³/mol. The van der Waals surface area contributed by atoms with Crippen LogP contribution in [-0.2, 0) is 16.2 Å². The van der Waals surface area contributed by atoms with Crippen LogP contribution < -0.4 is 4.74 Å². The summed E-state index contributed by atoms with van der Waals surface area (Å²) in [5, 5.41) is 0. The Morgan fingerprint density at radius 3 is 2.31 bits per heavy atom. The fourth-order valence-electron chi connectivity index (χ4n) is 3.53. The number of aryl methyl sites for hydroxylation is 2. The van der Waals surface area contributed by atoms with Gasteiger partial charge in [-0.3, -0.25) is 0 Å². The largest absolute Gasteiger partial charge is 0.473 e. The number of hydrogen-bond donors (Lipinski definition) is 0. The normalized spacial score (nSPS) is 18.2. The van der Waals surface area contributed by atoms with Crippen molar-refractivity contribution in [3.63, 3.8) is 0 Å². The molecule has 0 aliphatic carbocycles. The van der Waals surface area contributed by atoms with E-state index in [1.807, 2.05) is 19.9 Å². The first-order valence-electron chi connectivity index (χ1n) is 9.18. The van der Waals surface area contributed by atoms with Gasteiger partial charge in [0.25, 0.3) is 0 Å². The Hall–Kier alpha value is -2.13. The monoisotopic (exact) mass is 428 g/mol. The SMILES string of the molecule is Cc1cc(C)c(C)c(S(=O)(=O)N2CCC(Oc3cc(C(F)(F)F)ccn3)C2)c1C. The van der Waals surface area contributed by atoms with E-state index in [1.165, 1.54) is 4.31 Å². The van der Waals surface area contributed by atoms with Crippen LogP contribution in [0.4, 0.5) is 13.2 Å². The highest BCUT2D eigenvalue weighted by Gasteiger charge is 2.36. The third-order valence-electron chi connectivity index (χ3n) is 5.35. The van der Waals surface area contributed by atoms with Gasteiger partial charge in [-0.1, -0.05) is 6.07 Å². The first kappa shape index (κ1) is 21.6. The van der Waals surface area contributed by atoms with Crippen molar-refractivity contribution in [1.29, 1.82) is 0 Å². The number of rotatable bonds is 4. The van der Waals surface area contributed by atoms with E-state index < -0.39 is 27.9 Å². The zero-order valence-electron chi connectivity index (χ0n) is 16.7. The molecule has 1 atom stereocenters. The zero-order valence-corrected chi connectivity index (χ0v) is 17.5. The molecule has 2 heterocycles. The summed E-state index contributed by atoms with van der Waals surface area (Å²) in [6.07, 6.45) is -3.65. The first-order chi connectivity index (χ1) is 13.4. The van der Waals surface area contributed by atoms with Gasteiger partial charge in [0, 0.05) is 18.8 Å². The lowest BCUT2D eigenvalue weighted by Crippen LogP contribution is -2.32. The van der Waals surface area contributed by atoms with Gasteiger partial charge in [-0.05, 0) is 62.4 Å². The highest BCUT2D eigenvalue weighted by Crippen LogP contribution is 2.33. The van der Waals surface area contributed by atoms with Crippen LogP contribution in [-0.4, -0.2) is 36.9 Å². The molecule has 0 amide bonds. The molecule has 158 valence electrons. The van der Waals surface area contributed by atoms with E-state index in [-0.39, 0.29) is 19.0 Å². The van der Waals surface area contributed by atoms with Crippen molar-refractivity contribution in [1.82, 2.24) is 9.29 Å². The second kappa shape index (κ2) is 7.60. The Balaban J connectivity index is 1.81. The summed E-state index contributed by atoms with van der Waals surface area (Å²) < 4.78 is 72.0. The first-order valence-corrected chi connectivity index (χ1v) is 10.6.